The number of hydrogen-bond donors (Lipinski definition) is 2. The van der Waals surface area contributed by atoms with Crippen LogP contribution in [0, 0.1) is 0 Å². The molecule has 0 aliphatic carbocycles. The summed E-state index contributed by atoms with van der Waals surface area (Å²) in [6.45, 7) is 5.07. The summed E-state index contributed by atoms with van der Waals surface area (Å²) in [6, 6.07) is 6.58. The van der Waals surface area contributed by atoms with Gasteiger partial charge in [0.2, 0.25) is 10.0 Å². The van der Waals surface area contributed by atoms with Gasteiger partial charge >= 0.3 is 0 Å². The van der Waals surface area contributed by atoms with E-state index in [1.807, 2.05) is 0 Å². The maximum Gasteiger partial charge on any atom is 0.243 e. The molecule has 1 heterocycles. The smallest absolute Gasteiger partial charge is 0.243 e. The molecule has 3 N–H and O–H groups in total. The molecule has 1 aromatic carbocycles. The zero-order chi connectivity index (χ0) is 15.5. The Balaban J connectivity index is 2.11. The van der Waals surface area contributed by atoms with Crippen LogP contribution in [0.5, 0.6) is 0 Å². The largest absolute Gasteiger partial charge is 0.324 e. The highest BCUT2D eigenvalue weighted by atomic mass is 32.2. The summed E-state index contributed by atoms with van der Waals surface area (Å²) in [5.74, 6) is 5.30. The Kier molecular flexibility index (Phi) is 5.21. The van der Waals surface area contributed by atoms with Gasteiger partial charge in [0.25, 0.3) is 0 Å². The highest BCUT2D eigenvalue weighted by Gasteiger charge is 2.30. The summed E-state index contributed by atoms with van der Waals surface area (Å²) >= 11 is 0. The third kappa shape index (κ3) is 3.55. The lowest BCUT2D eigenvalue weighted by atomic mass is 10.1. The third-order valence-corrected chi connectivity index (χ3v) is 6.14. The number of nitrogen functional groups attached to an aromatic ring is 1. The Bertz CT molecular complexity index is 551. The van der Waals surface area contributed by atoms with Crippen molar-refractivity contribution in [1.29, 1.82) is 0 Å². The summed E-state index contributed by atoms with van der Waals surface area (Å²) < 4.78 is 26.8. The minimum absolute atomic E-state index is 0.0742. The van der Waals surface area contributed by atoms with Gasteiger partial charge in [-0.15, -0.1) is 0 Å². The molecule has 1 aromatic rings. The Morgan fingerprint density at radius 2 is 1.86 bits per heavy atom. The van der Waals surface area contributed by atoms with E-state index >= 15 is 0 Å². The van der Waals surface area contributed by atoms with Gasteiger partial charge in [-0.2, -0.15) is 4.31 Å². The number of nitrogens with zero attached hydrogens (tertiary/aromatic N) is 2. The van der Waals surface area contributed by atoms with Crippen LogP contribution in [0.4, 0.5) is 5.69 Å². The van der Waals surface area contributed by atoms with Crippen LogP contribution >= 0.6 is 0 Å². The van der Waals surface area contributed by atoms with Crippen LogP contribution in [0.2, 0.25) is 0 Å². The van der Waals surface area contributed by atoms with E-state index in [4.69, 9.17) is 5.84 Å². The lowest BCUT2D eigenvalue weighted by Crippen LogP contribution is -2.45. The fraction of sp³-hybridized carbons (Fsp3) is 0.571. The van der Waals surface area contributed by atoms with Crippen LogP contribution in [-0.4, -0.2) is 50.3 Å². The average Bonchev–Trinajstić information content (AvgIpc) is 2.54. The van der Waals surface area contributed by atoms with Gasteiger partial charge < -0.3 is 10.3 Å². The molecule has 0 aromatic heterocycles. The molecule has 0 spiro atoms. The summed E-state index contributed by atoms with van der Waals surface area (Å²) in [4.78, 5) is 2.65. The number of anilines is 1. The van der Waals surface area contributed by atoms with Crippen molar-refractivity contribution in [2.24, 2.45) is 5.84 Å². The van der Waals surface area contributed by atoms with Gasteiger partial charge in [-0.25, -0.2) is 8.42 Å². The fourth-order valence-electron chi connectivity index (χ4n) is 2.68. The molecule has 0 amide bonds. The molecule has 0 radical (unpaired) electrons. The topological polar surface area (TPSA) is 78.7 Å². The number of rotatable bonds is 5. The summed E-state index contributed by atoms with van der Waals surface area (Å²) in [5, 5.41) is 0. The number of likely N-dealkylation sites (tertiary alicyclic amines) is 1. The number of benzene rings is 1. The molecule has 2 rings (SSSR count). The summed E-state index contributed by atoms with van der Waals surface area (Å²) in [7, 11) is -1.76. The number of nitrogens with one attached hydrogen (secondary N) is 1. The van der Waals surface area contributed by atoms with Gasteiger partial charge in [0, 0.05) is 18.8 Å². The highest BCUT2D eigenvalue weighted by Crippen LogP contribution is 2.23. The maximum absolute atomic E-state index is 12.6. The summed E-state index contributed by atoms with van der Waals surface area (Å²) in [5.41, 5.74) is 3.18. The number of piperidine rings is 1. The first kappa shape index (κ1) is 16.2. The van der Waals surface area contributed by atoms with Crippen molar-refractivity contribution in [2.45, 2.75) is 30.7 Å². The Morgan fingerprint density at radius 3 is 2.33 bits per heavy atom. The van der Waals surface area contributed by atoms with Crippen molar-refractivity contribution >= 4 is 15.7 Å². The lowest BCUT2D eigenvalue weighted by Gasteiger charge is -2.35. The lowest BCUT2D eigenvalue weighted by molar-refractivity contribution is 0.176. The van der Waals surface area contributed by atoms with Crippen LogP contribution in [0.25, 0.3) is 0 Å². The predicted octanol–water partition coefficient (Wildman–Crippen LogP) is 1.08. The molecule has 21 heavy (non-hydrogen) atoms. The van der Waals surface area contributed by atoms with E-state index in [0.29, 0.717) is 10.6 Å². The minimum atomic E-state index is -3.44. The first-order valence-corrected chi connectivity index (χ1v) is 8.70. The molecule has 1 aliphatic heterocycles. The molecular weight excluding hydrogens is 288 g/mol. The Morgan fingerprint density at radius 1 is 1.29 bits per heavy atom. The van der Waals surface area contributed by atoms with E-state index in [1.165, 1.54) is 4.31 Å². The third-order valence-electron chi connectivity index (χ3n) is 4.22. The van der Waals surface area contributed by atoms with Crippen LogP contribution in [0.1, 0.15) is 19.8 Å². The Labute approximate surface area is 126 Å². The van der Waals surface area contributed by atoms with Crippen LogP contribution in [0.3, 0.4) is 0 Å². The first-order valence-electron chi connectivity index (χ1n) is 7.26. The molecular formula is C14H24N4O2S. The van der Waals surface area contributed by atoms with E-state index in [9.17, 15) is 8.42 Å². The monoisotopic (exact) mass is 312 g/mol. The van der Waals surface area contributed by atoms with Crippen molar-refractivity contribution in [3.8, 4) is 0 Å². The number of hydrazine groups is 1. The molecule has 6 nitrogen and oxygen atoms in total. The van der Waals surface area contributed by atoms with Crippen LogP contribution in [0.15, 0.2) is 29.2 Å². The molecule has 1 aliphatic rings. The van der Waals surface area contributed by atoms with Gasteiger partial charge in [0.1, 0.15) is 0 Å². The highest BCUT2D eigenvalue weighted by molar-refractivity contribution is 7.89. The van der Waals surface area contributed by atoms with Gasteiger partial charge in [0.05, 0.1) is 4.90 Å². The predicted molar refractivity (Wildman–Crippen MR) is 84.3 cm³/mol. The molecule has 118 valence electrons. The minimum Gasteiger partial charge on any atom is -0.324 e. The van der Waals surface area contributed by atoms with Crippen LogP contribution in [-0.2, 0) is 10.0 Å². The van der Waals surface area contributed by atoms with Gasteiger partial charge in [-0.3, -0.25) is 5.84 Å². The molecule has 0 unspecified atom stereocenters. The average molecular weight is 312 g/mol. The second-order valence-corrected chi connectivity index (χ2v) is 7.35. The van der Waals surface area contributed by atoms with Crippen molar-refractivity contribution in [2.75, 3.05) is 32.1 Å². The summed E-state index contributed by atoms with van der Waals surface area (Å²) in [6.07, 6.45) is 1.76. The van der Waals surface area contributed by atoms with Crippen LogP contribution < -0.4 is 11.3 Å². The van der Waals surface area contributed by atoms with E-state index in [2.05, 4.69) is 17.2 Å². The zero-order valence-electron chi connectivity index (χ0n) is 12.6. The molecule has 1 fully saturated rings. The van der Waals surface area contributed by atoms with E-state index in [-0.39, 0.29) is 6.04 Å². The normalized spacial score (nSPS) is 18.1. The van der Waals surface area contributed by atoms with E-state index < -0.39 is 10.0 Å². The molecule has 0 atom stereocenters. The molecule has 7 heteroatoms. The molecule has 0 bridgehead atoms. The van der Waals surface area contributed by atoms with Crippen molar-refractivity contribution in [3.05, 3.63) is 24.3 Å². The van der Waals surface area contributed by atoms with Crippen molar-refractivity contribution < 1.29 is 8.42 Å². The molecule has 1 saturated heterocycles. The van der Waals surface area contributed by atoms with E-state index in [0.717, 1.165) is 32.5 Å². The standard InChI is InChI=1S/C14H24N4O2S/c1-3-18-10-8-13(9-11-18)17(2)21(19,20)14-6-4-12(16-15)5-7-14/h4-7,13,16H,3,8-11,15H2,1-2H3. The van der Waals surface area contributed by atoms with Crippen molar-refractivity contribution in [1.82, 2.24) is 9.21 Å². The quantitative estimate of drug-likeness (QED) is 0.628. The molecule has 0 saturated carbocycles. The fourth-order valence-corrected chi connectivity index (χ4v) is 4.10. The number of nitrogens with two attached hydrogens (primary N) is 1. The van der Waals surface area contributed by atoms with E-state index in [1.54, 1.807) is 31.3 Å². The number of sulfonamides is 1. The zero-order valence-corrected chi connectivity index (χ0v) is 13.4. The second-order valence-electron chi connectivity index (χ2n) is 5.36. The first-order chi connectivity index (χ1) is 9.98. The maximum atomic E-state index is 12.6. The second kappa shape index (κ2) is 6.74. The number of hydrogen-bond acceptors (Lipinski definition) is 5. The van der Waals surface area contributed by atoms with Gasteiger partial charge in [-0.05, 0) is 56.7 Å². The van der Waals surface area contributed by atoms with Gasteiger partial charge in [0.15, 0.2) is 0 Å². The van der Waals surface area contributed by atoms with Crippen molar-refractivity contribution in [3.63, 3.8) is 0 Å². The Hall–Kier alpha value is -1.15. The SMILES string of the molecule is CCN1CCC(N(C)S(=O)(=O)c2ccc(NN)cc2)CC1. The van der Waals surface area contributed by atoms with Gasteiger partial charge in [-0.1, -0.05) is 6.92 Å².